The van der Waals surface area contributed by atoms with E-state index in [1.807, 2.05) is 0 Å². The average molecular weight is 448 g/mol. The first-order valence-corrected chi connectivity index (χ1v) is 8.47. The number of nitrogens with one attached hydrogen (secondary N) is 2. The number of ether oxygens (including phenoxy) is 1. The molecule has 0 fully saturated rings. The lowest BCUT2D eigenvalue weighted by atomic mass is 10.1. The molecule has 1 rings (SSSR count). The number of aliphatic imine (C=N–C) groups is 1. The second-order valence-electron chi connectivity index (χ2n) is 5.48. The van der Waals surface area contributed by atoms with Crippen molar-refractivity contribution in [1.29, 1.82) is 0 Å². The summed E-state index contributed by atoms with van der Waals surface area (Å²) in [5.41, 5.74) is 2.63. The quantitative estimate of drug-likeness (QED) is 0.250. The average Bonchev–Trinajstić information content (AvgIpc) is 2.59. The second-order valence-corrected chi connectivity index (χ2v) is 5.48. The molecule has 0 saturated heterocycles. The van der Waals surface area contributed by atoms with Crippen LogP contribution in [-0.4, -0.2) is 51.3 Å². The molecule has 0 aliphatic rings. The van der Waals surface area contributed by atoms with Crippen LogP contribution in [0.4, 0.5) is 0 Å². The summed E-state index contributed by atoms with van der Waals surface area (Å²) in [6.45, 7) is 9.96. The van der Waals surface area contributed by atoms with Gasteiger partial charge in [-0.25, -0.2) is 0 Å². The smallest absolute Gasteiger partial charge is 0.191 e. The van der Waals surface area contributed by atoms with Crippen molar-refractivity contribution in [1.82, 2.24) is 15.5 Å². The Balaban J connectivity index is 0.00000529. The number of hydrogen-bond donors (Lipinski definition) is 2. The molecular weight excluding hydrogens is 415 g/mol. The summed E-state index contributed by atoms with van der Waals surface area (Å²) in [5.74, 6) is 0.829. The molecule has 1 aromatic carbocycles. The van der Waals surface area contributed by atoms with Crippen molar-refractivity contribution in [3.05, 3.63) is 35.4 Å². The Hall–Kier alpha value is -0.860. The van der Waals surface area contributed by atoms with Gasteiger partial charge in [0, 0.05) is 40.4 Å². The van der Waals surface area contributed by atoms with Crippen molar-refractivity contribution in [3.8, 4) is 0 Å². The van der Waals surface area contributed by atoms with Gasteiger partial charge < -0.3 is 15.4 Å². The van der Waals surface area contributed by atoms with E-state index >= 15 is 0 Å². The molecule has 0 bridgehead atoms. The molecule has 0 spiro atoms. The Morgan fingerprint density at radius 1 is 1.17 bits per heavy atom. The third-order valence-corrected chi connectivity index (χ3v) is 3.79. The first-order valence-electron chi connectivity index (χ1n) is 8.47. The lowest BCUT2D eigenvalue weighted by Gasteiger charge is -2.18. The minimum absolute atomic E-state index is 0. The van der Waals surface area contributed by atoms with Crippen LogP contribution in [0, 0.1) is 0 Å². The van der Waals surface area contributed by atoms with Crippen molar-refractivity contribution >= 4 is 29.9 Å². The van der Waals surface area contributed by atoms with Crippen LogP contribution in [0.15, 0.2) is 29.3 Å². The molecule has 0 radical (unpaired) electrons. The fraction of sp³-hybridized carbons (Fsp3) is 0.611. The van der Waals surface area contributed by atoms with Gasteiger partial charge in [0.2, 0.25) is 0 Å². The van der Waals surface area contributed by atoms with Gasteiger partial charge in [-0.05, 0) is 30.6 Å². The Morgan fingerprint density at radius 3 is 2.50 bits per heavy atom. The zero-order valence-electron chi connectivity index (χ0n) is 15.5. The number of hydrogen-bond acceptors (Lipinski definition) is 3. The first kappa shape index (κ1) is 23.1. The van der Waals surface area contributed by atoms with Crippen LogP contribution in [-0.2, 0) is 17.8 Å². The fourth-order valence-electron chi connectivity index (χ4n) is 2.37. The maximum absolute atomic E-state index is 5.05. The molecule has 2 N–H and O–H groups in total. The van der Waals surface area contributed by atoms with Crippen molar-refractivity contribution in [2.75, 3.05) is 40.4 Å². The highest BCUT2D eigenvalue weighted by atomic mass is 127. The highest BCUT2D eigenvalue weighted by molar-refractivity contribution is 14.0. The second kappa shape index (κ2) is 14.5. The minimum atomic E-state index is 0. The highest BCUT2D eigenvalue weighted by Gasteiger charge is 2.03. The molecule has 0 aliphatic heterocycles. The molecule has 0 heterocycles. The summed E-state index contributed by atoms with van der Waals surface area (Å²) in [6.07, 6.45) is 0.969. The van der Waals surface area contributed by atoms with Gasteiger partial charge in [-0.1, -0.05) is 38.1 Å². The first-order chi connectivity index (χ1) is 11.2. The van der Waals surface area contributed by atoms with E-state index < -0.39 is 0 Å². The van der Waals surface area contributed by atoms with Crippen LogP contribution >= 0.6 is 24.0 Å². The SMILES string of the molecule is CCN(CC)Cc1cccc(CNC(=NC)NCCCOC)c1.I. The number of guanidine groups is 1. The zero-order chi connectivity index (χ0) is 16.9. The summed E-state index contributed by atoms with van der Waals surface area (Å²) in [7, 11) is 3.51. The predicted molar refractivity (Wildman–Crippen MR) is 113 cm³/mol. The van der Waals surface area contributed by atoms with E-state index in [0.29, 0.717) is 0 Å². The van der Waals surface area contributed by atoms with E-state index in [9.17, 15) is 0 Å². The van der Waals surface area contributed by atoms with Crippen LogP contribution in [0.5, 0.6) is 0 Å². The van der Waals surface area contributed by atoms with E-state index in [-0.39, 0.29) is 24.0 Å². The molecular formula is C18H33IN4O. The molecule has 0 saturated carbocycles. The molecule has 6 heteroatoms. The lowest BCUT2D eigenvalue weighted by molar-refractivity contribution is 0.195. The lowest BCUT2D eigenvalue weighted by Crippen LogP contribution is -2.37. The van der Waals surface area contributed by atoms with Gasteiger partial charge in [0.1, 0.15) is 0 Å². The van der Waals surface area contributed by atoms with E-state index in [1.54, 1.807) is 14.2 Å². The summed E-state index contributed by atoms with van der Waals surface area (Å²) in [6, 6.07) is 8.74. The molecule has 24 heavy (non-hydrogen) atoms. The van der Waals surface area contributed by atoms with Gasteiger partial charge in [-0.2, -0.15) is 0 Å². The normalized spacial score (nSPS) is 11.3. The van der Waals surface area contributed by atoms with Gasteiger partial charge in [0.25, 0.3) is 0 Å². The molecule has 0 atom stereocenters. The van der Waals surface area contributed by atoms with Gasteiger partial charge in [-0.3, -0.25) is 9.89 Å². The Kier molecular flexibility index (Phi) is 14.0. The van der Waals surface area contributed by atoms with Crippen molar-refractivity contribution < 1.29 is 4.74 Å². The highest BCUT2D eigenvalue weighted by Crippen LogP contribution is 2.08. The number of halogens is 1. The Morgan fingerprint density at radius 2 is 1.88 bits per heavy atom. The van der Waals surface area contributed by atoms with Crippen LogP contribution in [0.25, 0.3) is 0 Å². The van der Waals surface area contributed by atoms with Crippen molar-refractivity contribution in [2.24, 2.45) is 4.99 Å². The van der Waals surface area contributed by atoms with Gasteiger partial charge >= 0.3 is 0 Å². The summed E-state index contributed by atoms with van der Waals surface area (Å²) < 4.78 is 5.05. The van der Waals surface area contributed by atoms with E-state index in [1.165, 1.54) is 11.1 Å². The van der Waals surface area contributed by atoms with Crippen LogP contribution in [0.2, 0.25) is 0 Å². The predicted octanol–water partition coefficient (Wildman–Crippen LogP) is 2.85. The van der Waals surface area contributed by atoms with Crippen LogP contribution in [0.3, 0.4) is 0 Å². The van der Waals surface area contributed by atoms with Gasteiger partial charge in [0.05, 0.1) is 0 Å². The third-order valence-electron chi connectivity index (χ3n) is 3.79. The zero-order valence-corrected chi connectivity index (χ0v) is 17.8. The van der Waals surface area contributed by atoms with Crippen molar-refractivity contribution in [3.63, 3.8) is 0 Å². The van der Waals surface area contributed by atoms with Crippen molar-refractivity contribution in [2.45, 2.75) is 33.4 Å². The standard InChI is InChI=1S/C18H32N4O.HI/c1-5-22(6-2)15-17-10-7-9-16(13-17)14-21-18(19-3)20-11-8-12-23-4;/h7,9-10,13H,5-6,8,11-12,14-15H2,1-4H3,(H2,19,20,21);1H. The largest absolute Gasteiger partial charge is 0.385 e. The molecule has 138 valence electrons. The summed E-state index contributed by atoms with van der Waals surface area (Å²) in [4.78, 5) is 6.66. The molecule has 0 aliphatic carbocycles. The molecule has 1 aromatic rings. The summed E-state index contributed by atoms with van der Waals surface area (Å²) >= 11 is 0. The van der Waals surface area contributed by atoms with Gasteiger partial charge in [0.15, 0.2) is 5.96 Å². The van der Waals surface area contributed by atoms with Crippen LogP contribution in [0.1, 0.15) is 31.4 Å². The maximum atomic E-state index is 5.05. The Bertz CT molecular complexity index is 464. The molecule has 0 amide bonds. The monoisotopic (exact) mass is 448 g/mol. The maximum Gasteiger partial charge on any atom is 0.191 e. The molecule has 0 unspecified atom stereocenters. The summed E-state index contributed by atoms with van der Waals surface area (Å²) in [5, 5.41) is 6.65. The van der Waals surface area contributed by atoms with Gasteiger partial charge in [-0.15, -0.1) is 24.0 Å². The van der Waals surface area contributed by atoms with Crippen LogP contribution < -0.4 is 10.6 Å². The minimum Gasteiger partial charge on any atom is -0.385 e. The fourth-order valence-corrected chi connectivity index (χ4v) is 2.37. The number of nitrogens with zero attached hydrogens (tertiary/aromatic N) is 2. The molecule has 5 nitrogen and oxygen atoms in total. The number of rotatable bonds is 10. The Labute approximate surface area is 164 Å². The third kappa shape index (κ3) is 9.44. The number of methoxy groups -OCH3 is 1. The molecule has 0 aromatic heterocycles. The van der Waals surface area contributed by atoms with E-state index in [0.717, 1.165) is 51.7 Å². The topological polar surface area (TPSA) is 48.9 Å². The number of benzene rings is 1. The van der Waals surface area contributed by atoms with E-state index in [2.05, 4.69) is 58.6 Å². The van der Waals surface area contributed by atoms with E-state index in [4.69, 9.17) is 4.74 Å².